The number of nitrogens with two attached hydrogens (primary N) is 1. The van der Waals surface area contributed by atoms with Crippen molar-refractivity contribution < 1.29 is 14.6 Å². The number of hydrogen-bond donors (Lipinski definition) is 3. The number of amides is 1. The molecule has 0 aliphatic heterocycles. The Labute approximate surface area is 129 Å². The van der Waals surface area contributed by atoms with Gasteiger partial charge in [0, 0.05) is 18.7 Å². The van der Waals surface area contributed by atoms with E-state index in [0.717, 1.165) is 16.3 Å². The van der Waals surface area contributed by atoms with E-state index < -0.39 is 5.91 Å². The van der Waals surface area contributed by atoms with Crippen LogP contribution in [0.25, 0.3) is 10.8 Å². The Morgan fingerprint density at radius 2 is 2.00 bits per heavy atom. The third-order valence-electron chi connectivity index (χ3n) is 2.96. The fraction of sp³-hybridized carbons (Fsp3) is 0.267. The van der Waals surface area contributed by atoms with Crippen LogP contribution in [0.5, 0.6) is 5.75 Å². The van der Waals surface area contributed by atoms with Crippen LogP contribution in [0, 0.1) is 0 Å². The molecule has 0 radical (unpaired) electrons. The molecule has 114 valence electrons. The van der Waals surface area contributed by atoms with Gasteiger partial charge in [-0.3, -0.25) is 4.79 Å². The molecular formula is C15H19ClN2O3. The zero-order chi connectivity index (χ0) is 14.4. The quantitative estimate of drug-likeness (QED) is 0.671. The number of halogens is 1. The second-order valence-corrected chi connectivity index (χ2v) is 4.42. The Balaban J connectivity index is 0.00000220. The van der Waals surface area contributed by atoms with Gasteiger partial charge in [-0.2, -0.15) is 0 Å². The lowest BCUT2D eigenvalue weighted by atomic mass is 10.0. The van der Waals surface area contributed by atoms with Gasteiger partial charge in [-0.05, 0) is 16.8 Å². The monoisotopic (exact) mass is 310 g/mol. The number of carbonyl (C=O) groups is 1. The van der Waals surface area contributed by atoms with E-state index in [1.165, 1.54) is 0 Å². The number of benzene rings is 2. The summed E-state index contributed by atoms with van der Waals surface area (Å²) in [5.41, 5.74) is 6.07. The van der Waals surface area contributed by atoms with Crippen LogP contribution < -0.4 is 15.8 Å². The first-order valence-corrected chi connectivity index (χ1v) is 6.45. The minimum Gasteiger partial charge on any atom is -0.483 e. The van der Waals surface area contributed by atoms with Gasteiger partial charge in [0.25, 0.3) is 5.91 Å². The van der Waals surface area contributed by atoms with Gasteiger partial charge in [0.05, 0.1) is 6.61 Å². The molecule has 2 aromatic carbocycles. The highest BCUT2D eigenvalue weighted by Crippen LogP contribution is 2.28. The van der Waals surface area contributed by atoms with E-state index in [1.54, 1.807) is 0 Å². The predicted molar refractivity (Wildman–Crippen MR) is 84.7 cm³/mol. The molecule has 0 fully saturated rings. The lowest BCUT2D eigenvalue weighted by Crippen LogP contribution is -2.22. The molecule has 1 amide bonds. The number of carbonyl (C=O) groups excluding carboxylic acids is 1. The number of primary amides is 1. The summed E-state index contributed by atoms with van der Waals surface area (Å²) in [5.74, 6) is 0.125. The maximum absolute atomic E-state index is 10.9. The number of aliphatic hydroxyl groups excluding tert-OH is 1. The molecule has 0 atom stereocenters. The van der Waals surface area contributed by atoms with Crippen LogP contribution in [-0.2, 0) is 11.3 Å². The number of aliphatic hydroxyl groups is 1. The second-order valence-electron chi connectivity index (χ2n) is 4.42. The highest BCUT2D eigenvalue weighted by atomic mass is 35.5. The average Bonchev–Trinajstić information content (AvgIpc) is 2.46. The molecule has 0 aliphatic carbocycles. The number of hydrogen-bond acceptors (Lipinski definition) is 4. The fourth-order valence-corrected chi connectivity index (χ4v) is 2.07. The molecule has 2 rings (SSSR count). The van der Waals surface area contributed by atoms with Crippen molar-refractivity contribution in [3.8, 4) is 5.75 Å². The summed E-state index contributed by atoms with van der Waals surface area (Å²) in [5, 5.41) is 14.1. The lowest BCUT2D eigenvalue weighted by molar-refractivity contribution is -0.119. The maximum Gasteiger partial charge on any atom is 0.255 e. The van der Waals surface area contributed by atoms with Gasteiger partial charge in [0.2, 0.25) is 0 Å². The number of nitrogens with one attached hydrogen (secondary N) is 1. The molecule has 5 nitrogen and oxygen atoms in total. The normalized spacial score (nSPS) is 10.1. The molecule has 4 N–H and O–H groups in total. The SMILES string of the molecule is Cl.NC(=O)COc1ccc2ccccc2c1CNCCO. The molecular weight excluding hydrogens is 292 g/mol. The summed E-state index contributed by atoms with van der Waals surface area (Å²) >= 11 is 0. The molecule has 21 heavy (non-hydrogen) atoms. The highest BCUT2D eigenvalue weighted by molar-refractivity contribution is 5.88. The third-order valence-corrected chi connectivity index (χ3v) is 2.96. The van der Waals surface area contributed by atoms with E-state index in [2.05, 4.69) is 5.32 Å². The Morgan fingerprint density at radius 1 is 1.24 bits per heavy atom. The smallest absolute Gasteiger partial charge is 0.255 e. The van der Waals surface area contributed by atoms with Crippen molar-refractivity contribution in [2.45, 2.75) is 6.54 Å². The van der Waals surface area contributed by atoms with Gasteiger partial charge in [-0.1, -0.05) is 30.3 Å². The Hall–Kier alpha value is -1.82. The van der Waals surface area contributed by atoms with Crippen molar-refractivity contribution in [1.82, 2.24) is 5.32 Å². The van der Waals surface area contributed by atoms with Crippen LogP contribution in [0.15, 0.2) is 36.4 Å². The van der Waals surface area contributed by atoms with Gasteiger partial charge in [-0.25, -0.2) is 0 Å². The Morgan fingerprint density at radius 3 is 2.71 bits per heavy atom. The Bertz CT molecular complexity index is 604. The first-order valence-electron chi connectivity index (χ1n) is 6.45. The molecule has 0 heterocycles. The first-order chi connectivity index (χ1) is 9.72. The molecule has 0 saturated heterocycles. The first kappa shape index (κ1) is 17.2. The van der Waals surface area contributed by atoms with Crippen LogP contribution in [0.3, 0.4) is 0 Å². The zero-order valence-corrected chi connectivity index (χ0v) is 12.4. The molecule has 6 heteroatoms. The van der Waals surface area contributed by atoms with E-state index >= 15 is 0 Å². The third kappa shape index (κ3) is 4.60. The molecule has 2 aromatic rings. The number of rotatable bonds is 7. The van der Waals surface area contributed by atoms with Gasteiger partial charge in [-0.15, -0.1) is 12.4 Å². The molecule has 0 unspecified atom stereocenters. The van der Waals surface area contributed by atoms with Crippen LogP contribution in [0.4, 0.5) is 0 Å². The van der Waals surface area contributed by atoms with Crippen molar-refractivity contribution >= 4 is 29.1 Å². The minimum atomic E-state index is -0.507. The van der Waals surface area contributed by atoms with Crippen molar-refractivity contribution in [2.24, 2.45) is 5.73 Å². The van der Waals surface area contributed by atoms with Crippen molar-refractivity contribution in [2.75, 3.05) is 19.8 Å². The van der Waals surface area contributed by atoms with E-state index in [0.29, 0.717) is 18.8 Å². The highest BCUT2D eigenvalue weighted by Gasteiger charge is 2.09. The standard InChI is InChI=1S/C15H18N2O3.ClH/c16-15(19)10-20-14-6-5-11-3-1-2-4-12(11)13(14)9-17-7-8-18;/h1-6,17-18H,7-10H2,(H2,16,19);1H. The minimum absolute atomic E-state index is 0. The lowest BCUT2D eigenvalue weighted by Gasteiger charge is -2.14. The van der Waals surface area contributed by atoms with E-state index in [4.69, 9.17) is 15.6 Å². The van der Waals surface area contributed by atoms with Crippen molar-refractivity contribution in [1.29, 1.82) is 0 Å². The van der Waals surface area contributed by atoms with Gasteiger partial charge < -0.3 is 20.9 Å². The van der Waals surface area contributed by atoms with Crippen LogP contribution in [0.1, 0.15) is 5.56 Å². The largest absolute Gasteiger partial charge is 0.483 e. The van der Waals surface area contributed by atoms with Crippen molar-refractivity contribution in [3.63, 3.8) is 0 Å². The number of fused-ring (bicyclic) bond motifs is 1. The second kappa shape index (κ2) is 8.46. The average molecular weight is 311 g/mol. The molecule has 0 saturated carbocycles. The topological polar surface area (TPSA) is 84.6 Å². The number of ether oxygens (including phenoxy) is 1. The molecule has 0 aromatic heterocycles. The summed E-state index contributed by atoms with van der Waals surface area (Å²) in [4.78, 5) is 10.9. The maximum atomic E-state index is 10.9. The van der Waals surface area contributed by atoms with E-state index in [9.17, 15) is 4.79 Å². The summed E-state index contributed by atoms with van der Waals surface area (Å²) in [6.07, 6.45) is 0. The molecule has 0 spiro atoms. The van der Waals surface area contributed by atoms with Gasteiger partial charge in [0.1, 0.15) is 5.75 Å². The summed E-state index contributed by atoms with van der Waals surface area (Å²) in [7, 11) is 0. The molecule has 0 aliphatic rings. The summed E-state index contributed by atoms with van der Waals surface area (Å²) in [6.45, 7) is 0.974. The van der Waals surface area contributed by atoms with Crippen LogP contribution >= 0.6 is 12.4 Å². The van der Waals surface area contributed by atoms with Crippen LogP contribution in [-0.4, -0.2) is 30.8 Å². The zero-order valence-electron chi connectivity index (χ0n) is 11.5. The van der Waals surface area contributed by atoms with E-state index in [-0.39, 0.29) is 25.6 Å². The fourth-order valence-electron chi connectivity index (χ4n) is 2.07. The van der Waals surface area contributed by atoms with Crippen LogP contribution in [0.2, 0.25) is 0 Å². The summed E-state index contributed by atoms with van der Waals surface area (Å²) in [6, 6.07) is 11.7. The van der Waals surface area contributed by atoms with Gasteiger partial charge >= 0.3 is 0 Å². The predicted octanol–water partition coefficient (Wildman–Crippen LogP) is 1.21. The van der Waals surface area contributed by atoms with Crippen molar-refractivity contribution in [3.05, 3.63) is 42.0 Å². The summed E-state index contributed by atoms with van der Waals surface area (Å²) < 4.78 is 5.46. The van der Waals surface area contributed by atoms with Gasteiger partial charge in [0.15, 0.2) is 6.61 Å². The Kier molecular flexibility index (Phi) is 6.94. The molecule has 0 bridgehead atoms. The van der Waals surface area contributed by atoms with E-state index in [1.807, 2.05) is 36.4 Å².